The molecule has 0 spiro atoms. The van der Waals surface area contributed by atoms with Gasteiger partial charge in [-0.2, -0.15) is 0 Å². The van der Waals surface area contributed by atoms with Gasteiger partial charge in [-0.05, 0) is 30.3 Å². The van der Waals surface area contributed by atoms with Crippen molar-refractivity contribution in [2.24, 2.45) is 0 Å². The number of hydrogen-bond donors (Lipinski definition) is 1. The average molecular weight is 312 g/mol. The molecule has 0 atom stereocenters. The molecular weight excluding hydrogens is 298 g/mol. The summed E-state index contributed by atoms with van der Waals surface area (Å²) in [5.74, 6) is 0.408. The Morgan fingerprint density at radius 1 is 0.955 bits per heavy atom. The van der Waals surface area contributed by atoms with Crippen molar-refractivity contribution in [2.45, 2.75) is 0 Å². The fourth-order valence-corrected chi connectivity index (χ4v) is 2.61. The van der Waals surface area contributed by atoms with E-state index in [2.05, 4.69) is 5.32 Å². The molecule has 1 amide bonds. The highest BCUT2D eigenvalue weighted by Gasteiger charge is 2.14. The smallest absolute Gasteiger partial charge is 0.255 e. The summed E-state index contributed by atoms with van der Waals surface area (Å²) >= 11 is 6.22. The topological polar surface area (TPSA) is 38.3 Å². The van der Waals surface area contributed by atoms with E-state index < -0.39 is 0 Å². The zero-order valence-electron chi connectivity index (χ0n) is 12.0. The first-order chi connectivity index (χ1) is 10.7. The Kier molecular flexibility index (Phi) is 3.98. The number of carbonyl (C=O) groups excluding carboxylic acids is 1. The molecule has 4 heteroatoms. The highest BCUT2D eigenvalue weighted by molar-refractivity contribution is 6.36. The number of amides is 1. The van der Waals surface area contributed by atoms with Gasteiger partial charge in [0.05, 0.1) is 12.8 Å². The average Bonchev–Trinajstić information content (AvgIpc) is 2.56. The van der Waals surface area contributed by atoms with Gasteiger partial charge < -0.3 is 10.1 Å². The van der Waals surface area contributed by atoms with Crippen LogP contribution in [0.3, 0.4) is 0 Å². The zero-order valence-corrected chi connectivity index (χ0v) is 12.7. The van der Waals surface area contributed by atoms with Gasteiger partial charge in [0.25, 0.3) is 5.91 Å². The van der Waals surface area contributed by atoms with E-state index in [4.69, 9.17) is 16.3 Å². The predicted molar refractivity (Wildman–Crippen MR) is 89.9 cm³/mol. The van der Waals surface area contributed by atoms with Gasteiger partial charge in [-0.15, -0.1) is 0 Å². The normalized spacial score (nSPS) is 10.5. The van der Waals surface area contributed by atoms with Crippen LogP contribution >= 0.6 is 11.6 Å². The number of carbonyl (C=O) groups is 1. The molecule has 0 bridgehead atoms. The third-order valence-electron chi connectivity index (χ3n) is 3.46. The summed E-state index contributed by atoms with van der Waals surface area (Å²) < 4.78 is 5.37. The predicted octanol–water partition coefficient (Wildman–Crippen LogP) is 4.75. The monoisotopic (exact) mass is 311 g/mol. The van der Waals surface area contributed by atoms with E-state index >= 15 is 0 Å². The third kappa shape index (κ3) is 2.63. The largest absolute Gasteiger partial charge is 0.495 e. The van der Waals surface area contributed by atoms with Crippen molar-refractivity contribution in [1.29, 1.82) is 0 Å². The Morgan fingerprint density at radius 2 is 1.73 bits per heavy atom. The molecule has 3 aromatic carbocycles. The van der Waals surface area contributed by atoms with Crippen LogP contribution in [0.1, 0.15) is 10.4 Å². The van der Waals surface area contributed by atoms with Gasteiger partial charge >= 0.3 is 0 Å². The second kappa shape index (κ2) is 6.08. The summed E-state index contributed by atoms with van der Waals surface area (Å²) in [5.41, 5.74) is 1.21. The summed E-state index contributed by atoms with van der Waals surface area (Å²) in [6.45, 7) is 0. The molecule has 0 aliphatic heterocycles. The standard InChI is InChI=1S/C18H14ClNO2/c1-22-16-11-10-13-14(8-5-9-15(13)19)17(16)20-18(21)12-6-3-2-4-7-12/h2-11H,1H3,(H,20,21). The number of ether oxygens (including phenoxy) is 1. The maximum atomic E-state index is 12.4. The zero-order chi connectivity index (χ0) is 15.5. The van der Waals surface area contributed by atoms with Gasteiger partial charge in [-0.1, -0.05) is 41.9 Å². The van der Waals surface area contributed by atoms with Crippen molar-refractivity contribution < 1.29 is 9.53 Å². The van der Waals surface area contributed by atoms with Crippen molar-refractivity contribution in [1.82, 2.24) is 0 Å². The van der Waals surface area contributed by atoms with E-state index in [1.54, 1.807) is 25.3 Å². The lowest BCUT2D eigenvalue weighted by molar-refractivity contribution is 0.102. The van der Waals surface area contributed by atoms with Crippen LogP contribution in [0.2, 0.25) is 5.02 Å². The molecule has 110 valence electrons. The van der Waals surface area contributed by atoms with E-state index in [1.165, 1.54) is 0 Å². The molecule has 0 aliphatic rings. The number of anilines is 1. The first kappa shape index (κ1) is 14.4. The summed E-state index contributed by atoms with van der Waals surface area (Å²) in [6.07, 6.45) is 0. The molecule has 22 heavy (non-hydrogen) atoms. The highest BCUT2D eigenvalue weighted by Crippen LogP contribution is 2.36. The quantitative estimate of drug-likeness (QED) is 0.757. The molecule has 1 N–H and O–H groups in total. The first-order valence-corrected chi connectivity index (χ1v) is 7.20. The maximum Gasteiger partial charge on any atom is 0.255 e. The number of halogens is 1. The molecule has 0 saturated heterocycles. The molecule has 0 saturated carbocycles. The Balaban J connectivity index is 2.09. The molecule has 0 fully saturated rings. The van der Waals surface area contributed by atoms with Crippen molar-refractivity contribution in [3.63, 3.8) is 0 Å². The molecule has 0 aromatic heterocycles. The van der Waals surface area contributed by atoms with E-state index in [-0.39, 0.29) is 5.91 Å². The van der Waals surface area contributed by atoms with Crippen molar-refractivity contribution >= 4 is 34.0 Å². The van der Waals surface area contributed by atoms with E-state index in [0.717, 1.165) is 10.8 Å². The van der Waals surface area contributed by atoms with Crippen molar-refractivity contribution in [2.75, 3.05) is 12.4 Å². The van der Waals surface area contributed by atoms with E-state index in [1.807, 2.05) is 42.5 Å². The van der Waals surface area contributed by atoms with Crippen LogP contribution in [0.25, 0.3) is 10.8 Å². The molecule has 3 nitrogen and oxygen atoms in total. The van der Waals surface area contributed by atoms with Crippen LogP contribution in [0.15, 0.2) is 60.7 Å². The second-order valence-electron chi connectivity index (χ2n) is 4.80. The molecule has 3 rings (SSSR count). The molecule has 0 unspecified atom stereocenters. The summed E-state index contributed by atoms with van der Waals surface area (Å²) in [4.78, 5) is 12.4. The van der Waals surface area contributed by atoms with Crippen LogP contribution in [-0.2, 0) is 0 Å². The van der Waals surface area contributed by atoms with Crippen molar-refractivity contribution in [3.8, 4) is 5.75 Å². The molecule has 3 aromatic rings. The lowest BCUT2D eigenvalue weighted by Crippen LogP contribution is -2.12. The summed E-state index contributed by atoms with van der Waals surface area (Å²) in [6, 6.07) is 18.3. The number of rotatable bonds is 3. The number of methoxy groups -OCH3 is 1. The summed E-state index contributed by atoms with van der Waals surface area (Å²) in [7, 11) is 1.57. The Labute approximate surface area is 133 Å². The molecule has 0 heterocycles. The van der Waals surface area contributed by atoms with Gasteiger partial charge in [0, 0.05) is 21.4 Å². The lowest BCUT2D eigenvalue weighted by atomic mass is 10.1. The fourth-order valence-electron chi connectivity index (χ4n) is 2.37. The van der Waals surface area contributed by atoms with Crippen LogP contribution in [0, 0.1) is 0 Å². The van der Waals surface area contributed by atoms with Crippen molar-refractivity contribution in [3.05, 3.63) is 71.2 Å². The van der Waals surface area contributed by atoms with Crippen LogP contribution < -0.4 is 10.1 Å². The molecular formula is C18H14ClNO2. The second-order valence-corrected chi connectivity index (χ2v) is 5.21. The Bertz CT molecular complexity index is 831. The number of hydrogen-bond acceptors (Lipinski definition) is 2. The van der Waals surface area contributed by atoms with Gasteiger partial charge in [0.2, 0.25) is 0 Å². The number of nitrogens with one attached hydrogen (secondary N) is 1. The van der Waals surface area contributed by atoms with Crippen LogP contribution in [0.4, 0.5) is 5.69 Å². The first-order valence-electron chi connectivity index (χ1n) is 6.82. The Morgan fingerprint density at radius 3 is 2.45 bits per heavy atom. The van der Waals surface area contributed by atoms with E-state index in [0.29, 0.717) is 22.0 Å². The van der Waals surface area contributed by atoms with Gasteiger partial charge in [0.1, 0.15) is 5.75 Å². The summed E-state index contributed by atoms with van der Waals surface area (Å²) in [5, 5.41) is 5.27. The SMILES string of the molecule is COc1ccc2c(Cl)cccc2c1NC(=O)c1ccccc1. The van der Waals surface area contributed by atoms with Crippen LogP contribution in [-0.4, -0.2) is 13.0 Å². The number of benzene rings is 3. The van der Waals surface area contributed by atoms with Gasteiger partial charge in [-0.25, -0.2) is 0 Å². The van der Waals surface area contributed by atoms with E-state index in [9.17, 15) is 4.79 Å². The maximum absolute atomic E-state index is 12.4. The highest BCUT2D eigenvalue weighted by atomic mass is 35.5. The molecule has 0 radical (unpaired) electrons. The minimum Gasteiger partial charge on any atom is -0.495 e. The van der Waals surface area contributed by atoms with Crippen LogP contribution in [0.5, 0.6) is 5.75 Å². The van der Waals surface area contributed by atoms with Gasteiger partial charge in [0.15, 0.2) is 0 Å². The number of fused-ring (bicyclic) bond motifs is 1. The minimum absolute atomic E-state index is 0.189. The third-order valence-corrected chi connectivity index (χ3v) is 3.79. The fraction of sp³-hybridized carbons (Fsp3) is 0.0556. The molecule has 0 aliphatic carbocycles. The minimum atomic E-state index is -0.189. The Hall–Kier alpha value is -2.52. The lowest BCUT2D eigenvalue weighted by Gasteiger charge is -2.14. The van der Waals surface area contributed by atoms with Gasteiger partial charge in [-0.3, -0.25) is 4.79 Å².